The molecule has 5 rings (SSSR count). The normalized spacial score (nSPS) is 14.9. The fraction of sp³-hybridized carbons (Fsp3) is 0.182. The van der Waals surface area contributed by atoms with E-state index in [1.54, 1.807) is 12.1 Å². The number of anilines is 1. The largest absolute Gasteiger partial charge is 0.379 e. The van der Waals surface area contributed by atoms with Gasteiger partial charge < -0.3 is 10.1 Å². The Morgan fingerprint density at radius 3 is 2.64 bits per heavy atom. The lowest BCUT2D eigenvalue weighted by molar-refractivity contribution is 0.0730. The van der Waals surface area contributed by atoms with Crippen LogP contribution in [0.2, 0.25) is 0 Å². The molecule has 9 nitrogen and oxygen atoms in total. The van der Waals surface area contributed by atoms with Gasteiger partial charge in [0.05, 0.1) is 28.3 Å². The molecule has 2 aromatic heterocycles. The molecule has 0 spiro atoms. The molecule has 0 unspecified atom stereocenters. The maximum atomic E-state index is 13.1. The van der Waals surface area contributed by atoms with Crippen LogP contribution in [0.3, 0.4) is 0 Å². The molecule has 2 aromatic carbocycles. The van der Waals surface area contributed by atoms with Gasteiger partial charge in [0.15, 0.2) is 5.69 Å². The number of carbonyl (C=O) groups excluding carboxylic acids is 1. The van der Waals surface area contributed by atoms with E-state index in [2.05, 4.69) is 20.3 Å². The minimum atomic E-state index is -3.69. The average molecular weight is 482 g/mol. The van der Waals surface area contributed by atoms with Crippen LogP contribution >= 0.6 is 11.3 Å². The third kappa shape index (κ3) is 4.35. The number of sulfonamides is 1. The van der Waals surface area contributed by atoms with Gasteiger partial charge in [-0.2, -0.15) is 4.31 Å². The number of nitrogens with zero attached hydrogens (tertiary/aromatic N) is 4. The monoisotopic (exact) mass is 481 g/mol. The number of hydrogen-bond acceptors (Lipinski definition) is 8. The summed E-state index contributed by atoms with van der Waals surface area (Å²) in [7, 11) is -3.69. The molecule has 0 saturated carbocycles. The molecule has 1 aliphatic heterocycles. The Morgan fingerprint density at radius 1 is 1.03 bits per heavy atom. The highest BCUT2D eigenvalue weighted by Crippen LogP contribution is 2.30. The molecule has 0 atom stereocenters. The molecule has 4 aromatic rings. The third-order valence-corrected chi connectivity index (χ3v) is 8.05. The second kappa shape index (κ2) is 8.94. The molecule has 3 heterocycles. The van der Waals surface area contributed by atoms with E-state index in [1.807, 2.05) is 24.3 Å². The van der Waals surface area contributed by atoms with Crippen LogP contribution in [0.25, 0.3) is 20.9 Å². The standard InChI is InChI=1S/C22H19N5O4S2/c28-21(19-20(24-9-8-23-19)22-26-17-6-1-2-7-18(17)32-22)25-15-4-3-5-16(14-15)33(29,30)27-10-12-31-13-11-27/h1-9,14H,10-13H2,(H,25,28). The van der Waals surface area contributed by atoms with Gasteiger partial charge in [-0.15, -0.1) is 11.3 Å². The number of thiazole rings is 1. The Morgan fingerprint density at radius 2 is 1.82 bits per heavy atom. The van der Waals surface area contributed by atoms with Crippen molar-refractivity contribution in [3.8, 4) is 10.7 Å². The first kappa shape index (κ1) is 21.6. The molecule has 0 bridgehead atoms. The molecule has 0 aliphatic carbocycles. The van der Waals surface area contributed by atoms with Crippen molar-refractivity contribution in [1.29, 1.82) is 0 Å². The number of para-hydroxylation sites is 1. The first-order valence-electron chi connectivity index (χ1n) is 10.2. The second-order valence-electron chi connectivity index (χ2n) is 7.24. The maximum absolute atomic E-state index is 13.1. The van der Waals surface area contributed by atoms with Gasteiger partial charge in [-0.05, 0) is 30.3 Å². The highest BCUT2D eigenvalue weighted by Gasteiger charge is 2.27. The Labute approximate surface area is 194 Å². The number of fused-ring (bicyclic) bond motifs is 1. The van der Waals surface area contributed by atoms with Gasteiger partial charge in [-0.1, -0.05) is 18.2 Å². The Bertz CT molecular complexity index is 1400. The van der Waals surface area contributed by atoms with Crippen LogP contribution in [0.1, 0.15) is 10.5 Å². The van der Waals surface area contributed by atoms with Crippen LogP contribution in [0, 0.1) is 0 Å². The Kier molecular flexibility index (Phi) is 5.85. The van der Waals surface area contributed by atoms with E-state index in [1.165, 1.54) is 40.2 Å². The summed E-state index contributed by atoms with van der Waals surface area (Å²) < 4.78 is 33.5. The number of carbonyl (C=O) groups is 1. The number of morpholine rings is 1. The van der Waals surface area contributed by atoms with Crippen LogP contribution < -0.4 is 5.32 Å². The molecule has 1 aliphatic rings. The number of hydrogen-bond donors (Lipinski definition) is 1. The summed E-state index contributed by atoms with van der Waals surface area (Å²) in [6, 6.07) is 13.8. The lowest BCUT2D eigenvalue weighted by Gasteiger charge is -2.26. The van der Waals surface area contributed by atoms with Crippen molar-refractivity contribution in [3.05, 3.63) is 66.6 Å². The summed E-state index contributed by atoms with van der Waals surface area (Å²) >= 11 is 1.42. The Hall–Kier alpha value is -3.25. The highest BCUT2D eigenvalue weighted by atomic mass is 32.2. The summed E-state index contributed by atoms with van der Waals surface area (Å²) in [4.78, 5) is 26.3. The van der Waals surface area contributed by atoms with Crippen molar-refractivity contribution in [2.45, 2.75) is 4.90 Å². The molecule has 11 heteroatoms. The van der Waals surface area contributed by atoms with Crippen LogP contribution in [0.5, 0.6) is 0 Å². The summed E-state index contributed by atoms with van der Waals surface area (Å²) in [5.41, 5.74) is 1.64. The lowest BCUT2D eigenvalue weighted by Crippen LogP contribution is -2.40. The number of benzene rings is 2. The van der Waals surface area contributed by atoms with Crippen molar-refractivity contribution < 1.29 is 17.9 Å². The van der Waals surface area contributed by atoms with E-state index in [-0.39, 0.29) is 10.6 Å². The minimum absolute atomic E-state index is 0.104. The summed E-state index contributed by atoms with van der Waals surface area (Å²) in [5.74, 6) is -0.502. The zero-order valence-corrected chi connectivity index (χ0v) is 19.0. The molecule has 33 heavy (non-hydrogen) atoms. The molecule has 1 saturated heterocycles. The molecule has 0 radical (unpaired) electrons. The second-order valence-corrected chi connectivity index (χ2v) is 10.2. The number of nitrogens with one attached hydrogen (secondary N) is 1. The predicted octanol–water partition coefficient (Wildman–Crippen LogP) is 3.03. The number of amides is 1. The fourth-order valence-electron chi connectivity index (χ4n) is 3.49. The average Bonchev–Trinajstić information content (AvgIpc) is 3.29. The molecular weight excluding hydrogens is 462 g/mol. The van der Waals surface area contributed by atoms with E-state index in [0.29, 0.717) is 42.7 Å². The zero-order valence-electron chi connectivity index (χ0n) is 17.3. The van der Waals surface area contributed by atoms with E-state index >= 15 is 0 Å². The molecule has 1 fully saturated rings. The fourth-order valence-corrected chi connectivity index (χ4v) is 5.91. The van der Waals surface area contributed by atoms with E-state index < -0.39 is 15.9 Å². The minimum Gasteiger partial charge on any atom is -0.379 e. The number of aromatic nitrogens is 3. The van der Waals surface area contributed by atoms with Gasteiger partial charge in [-0.25, -0.2) is 23.4 Å². The van der Waals surface area contributed by atoms with Crippen LogP contribution in [-0.2, 0) is 14.8 Å². The highest BCUT2D eigenvalue weighted by molar-refractivity contribution is 7.89. The van der Waals surface area contributed by atoms with Crippen LogP contribution in [0.15, 0.2) is 65.8 Å². The molecule has 1 N–H and O–H groups in total. The quantitative estimate of drug-likeness (QED) is 0.466. The summed E-state index contributed by atoms with van der Waals surface area (Å²) in [5, 5.41) is 3.33. The zero-order chi connectivity index (χ0) is 22.8. The first-order valence-corrected chi connectivity index (χ1v) is 12.4. The van der Waals surface area contributed by atoms with E-state index in [4.69, 9.17) is 4.74 Å². The maximum Gasteiger partial charge on any atom is 0.276 e. The van der Waals surface area contributed by atoms with Crippen molar-refractivity contribution >= 4 is 43.2 Å². The van der Waals surface area contributed by atoms with Crippen LogP contribution in [-0.4, -0.2) is 59.9 Å². The topological polar surface area (TPSA) is 114 Å². The van der Waals surface area contributed by atoms with E-state index in [9.17, 15) is 13.2 Å². The predicted molar refractivity (Wildman–Crippen MR) is 125 cm³/mol. The van der Waals surface area contributed by atoms with Gasteiger partial charge in [-0.3, -0.25) is 4.79 Å². The van der Waals surface area contributed by atoms with Crippen molar-refractivity contribution in [1.82, 2.24) is 19.3 Å². The third-order valence-electron chi connectivity index (χ3n) is 5.11. The summed E-state index contributed by atoms with van der Waals surface area (Å²) in [6.45, 7) is 1.31. The van der Waals surface area contributed by atoms with E-state index in [0.717, 1.165) is 10.2 Å². The van der Waals surface area contributed by atoms with Gasteiger partial charge in [0.2, 0.25) is 10.0 Å². The van der Waals surface area contributed by atoms with Gasteiger partial charge in [0.25, 0.3) is 5.91 Å². The number of ether oxygens (including phenoxy) is 1. The van der Waals surface area contributed by atoms with Crippen molar-refractivity contribution in [2.75, 3.05) is 31.6 Å². The SMILES string of the molecule is O=C(Nc1cccc(S(=O)(=O)N2CCOCC2)c1)c1nccnc1-c1nc2ccccc2s1. The van der Waals surface area contributed by atoms with Gasteiger partial charge in [0, 0.05) is 31.2 Å². The van der Waals surface area contributed by atoms with Gasteiger partial charge in [0.1, 0.15) is 10.7 Å². The van der Waals surface area contributed by atoms with Gasteiger partial charge >= 0.3 is 0 Å². The lowest BCUT2D eigenvalue weighted by atomic mass is 10.2. The first-order chi connectivity index (χ1) is 16.0. The van der Waals surface area contributed by atoms with Crippen molar-refractivity contribution in [3.63, 3.8) is 0 Å². The smallest absolute Gasteiger partial charge is 0.276 e. The summed E-state index contributed by atoms with van der Waals surface area (Å²) in [6.07, 6.45) is 2.94. The van der Waals surface area contributed by atoms with Crippen molar-refractivity contribution in [2.24, 2.45) is 0 Å². The number of rotatable bonds is 5. The molecule has 1 amide bonds. The Balaban J connectivity index is 1.42. The van der Waals surface area contributed by atoms with Crippen LogP contribution in [0.4, 0.5) is 5.69 Å². The molecular formula is C22H19N5O4S2. The molecule has 168 valence electrons.